The summed E-state index contributed by atoms with van der Waals surface area (Å²) in [6, 6.07) is 6.79. The highest BCUT2D eigenvalue weighted by Gasteiger charge is 2.51. The van der Waals surface area contributed by atoms with Crippen LogP contribution in [-0.4, -0.2) is 188 Å². The van der Waals surface area contributed by atoms with Crippen LogP contribution in [0.2, 0.25) is 0 Å². The smallest absolute Gasteiger partial charge is 0.305 e. The molecule has 9 atom stereocenters. The molecule has 32 nitrogen and oxygen atoms in total. The van der Waals surface area contributed by atoms with Crippen LogP contribution in [0.4, 0.5) is 8.78 Å². The van der Waals surface area contributed by atoms with Gasteiger partial charge in [0.25, 0.3) is 0 Å². The number of carboxylic acids is 1. The molecular weight excluding hydrogens is 1340 g/mol. The molecule has 1 fully saturated rings. The molecule has 0 radical (unpaired) electrons. The molecule has 4 bridgehead atoms. The largest absolute Gasteiger partial charge is 0.508 e. The SMILES string of the molecule is CC[C@@]12CCCN1C(=O)[C@H](Cc1ccc(O)cc1)NC(=O)[C@H](Cc1cnc[nH]1)NC(=O)[C@H](CC(=O)O)NC(=O)[C@H](Cc1c[nH]c3ccc(F)cc13)NC(=O)[C@H](Cc1c[nH]c3ccc(F)cc13)NC(=O)CNC(=O)[C@H](C)NC(=O)[C@@H](NC(C)=O)Cc1cn(nn1)-c1ccc(cc1)C[C@@H](C(N)=O)NC2=O. The molecule has 34 heteroatoms. The molecular formula is C69H76F2N18O14. The molecule has 1 saturated heterocycles. The maximum Gasteiger partial charge on any atom is 0.305 e. The van der Waals surface area contributed by atoms with Gasteiger partial charge >= 0.3 is 5.97 Å². The first-order chi connectivity index (χ1) is 49.2. The van der Waals surface area contributed by atoms with E-state index in [0.717, 1.165) is 19.1 Å². The third-order valence-electron chi connectivity index (χ3n) is 18.1. The summed E-state index contributed by atoms with van der Waals surface area (Å²) in [7, 11) is 0. The molecule has 16 N–H and O–H groups in total. The Morgan fingerprint density at radius 2 is 1.27 bits per heavy atom. The normalized spacial score (nSPS) is 22.7. The number of nitrogens with two attached hydrogens (primary N) is 1. The lowest BCUT2D eigenvalue weighted by Crippen LogP contribution is -2.64. The number of amides is 11. The maximum absolute atomic E-state index is 15.4. The number of halogens is 2. The molecule has 3 aliphatic rings. The van der Waals surface area contributed by atoms with E-state index in [9.17, 15) is 57.4 Å². The number of nitrogens with one attached hydrogen (secondary N) is 12. The molecule has 4 aromatic heterocycles. The number of aromatic hydroxyl groups is 1. The summed E-state index contributed by atoms with van der Waals surface area (Å²) in [5, 5.41) is 52.5. The first-order valence-electron chi connectivity index (χ1n) is 33.0. The number of nitrogens with zero attached hydrogens (tertiary/aromatic N) is 5. The molecule has 11 amide bonds. The number of aromatic nitrogens is 7. The number of imidazole rings is 1. The molecule has 3 aliphatic heterocycles. The number of H-pyrrole nitrogens is 3. The molecule has 540 valence electrons. The molecule has 0 unspecified atom stereocenters. The fourth-order valence-corrected chi connectivity index (χ4v) is 12.7. The second-order valence-electron chi connectivity index (χ2n) is 25.4. The van der Waals surface area contributed by atoms with Crippen LogP contribution in [0.15, 0.2) is 116 Å². The van der Waals surface area contributed by atoms with Crippen LogP contribution in [0.1, 0.15) is 80.1 Å². The third kappa shape index (κ3) is 18.2. The van der Waals surface area contributed by atoms with Gasteiger partial charge in [-0.25, -0.2) is 18.4 Å². The van der Waals surface area contributed by atoms with Gasteiger partial charge in [-0.05, 0) is 109 Å². The van der Waals surface area contributed by atoms with E-state index < -0.39 is 169 Å². The van der Waals surface area contributed by atoms with E-state index in [-0.39, 0.29) is 84.1 Å². The van der Waals surface area contributed by atoms with Crippen molar-refractivity contribution in [3.8, 4) is 11.4 Å². The summed E-state index contributed by atoms with van der Waals surface area (Å²) < 4.78 is 31.2. The van der Waals surface area contributed by atoms with Crippen molar-refractivity contribution in [1.82, 2.24) is 87.7 Å². The Kier molecular flexibility index (Phi) is 23.0. The number of aromatic amines is 3. The minimum Gasteiger partial charge on any atom is -0.508 e. The second-order valence-corrected chi connectivity index (χ2v) is 25.4. The topological polar surface area (TPSA) is 474 Å². The molecule has 7 heterocycles. The number of phenolic OH excluding ortho intramolecular Hbond substituents is 1. The molecule has 0 aliphatic carbocycles. The average molecular weight is 1420 g/mol. The van der Waals surface area contributed by atoms with Crippen molar-refractivity contribution in [1.29, 1.82) is 0 Å². The van der Waals surface area contributed by atoms with Gasteiger partial charge in [-0.1, -0.05) is 36.4 Å². The highest BCUT2D eigenvalue weighted by Crippen LogP contribution is 2.35. The highest BCUT2D eigenvalue weighted by molar-refractivity contribution is 6.01. The van der Waals surface area contributed by atoms with Gasteiger partial charge in [0.05, 0.1) is 36.9 Å². The van der Waals surface area contributed by atoms with Gasteiger partial charge in [-0.2, -0.15) is 0 Å². The van der Waals surface area contributed by atoms with Crippen LogP contribution in [0, 0.1) is 11.6 Å². The van der Waals surface area contributed by atoms with Crippen molar-refractivity contribution < 1.29 is 76.5 Å². The van der Waals surface area contributed by atoms with Crippen molar-refractivity contribution in [2.75, 3.05) is 13.1 Å². The Hall–Kier alpha value is -12.4. The predicted molar refractivity (Wildman–Crippen MR) is 362 cm³/mol. The summed E-state index contributed by atoms with van der Waals surface area (Å²) in [6.07, 6.45) is 4.18. The van der Waals surface area contributed by atoms with Gasteiger partial charge in [-0.3, -0.25) is 57.5 Å². The Morgan fingerprint density at radius 1 is 0.680 bits per heavy atom. The Labute approximate surface area is 585 Å². The summed E-state index contributed by atoms with van der Waals surface area (Å²) >= 11 is 0. The number of rotatable bonds is 13. The summed E-state index contributed by atoms with van der Waals surface area (Å²) in [6.45, 7) is 3.27. The highest BCUT2D eigenvalue weighted by atomic mass is 19.1. The number of phenols is 1. The zero-order valence-electron chi connectivity index (χ0n) is 55.9. The van der Waals surface area contributed by atoms with Crippen LogP contribution in [0.5, 0.6) is 5.75 Å². The predicted octanol–water partition coefficient (Wildman–Crippen LogP) is -0.228. The van der Waals surface area contributed by atoms with Gasteiger partial charge in [0.1, 0.15) is 71.3 Å². The number of fused-ring (bicyclic) bond motifs is 30. The lowest BCUT2D eigenvalue weighted by atomic mass is 9.89. The van der Waals surface area contributed by atoms with Gasteiger partial charge in [0.15, 0.2) is 0 Å². The number of carbonyl (C=O) groups is 12. The maximum atomic E-state index is 15.4. The van der Waals surface area contributed by atoms with E-state index in [4.69, 9.17) is 5.73 Å². The van der Waals surface area contributed by atoms with Crippen LogP contribution < -0.4 is 53.6 Å². The van der Waals surface area contributed by atoms with Crippen molar-refractivity contribution in [3.63, 3.8) is 0 Å². The summed E-state index contributed by atoms with van der Waals surface area (Å²) in [4.78, 5) is 185. The van der Waals surface area contributed by atoms with E-state index in [1.54, 1.807) is 31.2 Å². The lowest BCUT2D eigenvalue weighted by molar-refractivity contribution is -0.148. The number of carbonyl (C=O) groups excluding carboxylic acids is 11. The average Bonchev–Trinajstić information content (AvgIpc) is 1.22. The Bertz CT molecular complexity index is 4520. The fraction of sp³-hybridized carbons (Fsp3) is 0.348. The molecule has 4 aromatic carbocycles. The first kappa shape index (κ1) is 73.3. The zero-order chi connectivity index (χ0) is 73.8. The van der Waals surface area contributed by atoms with Crippen LogP contribution in [-0.2, 0) is 96.1 Å². The molecule has 8 aromatic rings. The van der Waals surface area contributed by atoms with E-state index in [0.29, 0.717) is 27.8 Å². The third-order valence-corrected chi connectivity index (χ3v) is 18.1. The van der Waals surface area contributed by atoms with Crippen molar-refractivity contribution >= 4 is 92.8 Å². The van der Waals surface area contributed by atoms with E-state index in [2.05, 4.69) is 78.1 Å². The van der Waals surface area contributed by atoms with Crippen LogP contribution >= 0.6 is 0 Å². The number of hydrogen-bond donors (Lipinski definition) is 15. The number of hydrogen-bond acceptors (Lipinski definition) is 16. The van der Waals surface area contributed by atoms with Gasteiger partial charge in [0.2, 0.25) is 65.0 Å². The minimum absolute atomic E-state index is 0.00155. The summed E-state index contributed by atoms with van der Waals surface area (Å²) in [5.41, 5.74) is 7.43. The molecule has 11 rings (SSSR count). The molecule has 0 saturated carbocycles. The van der Waals surface area contributed by atoms with Gasteiger partial charge < -0.3 is 83.6 Å². The van der Waals surface area contributed by atoms with Gasteiger partial charge in [0, 0.05) is 98.1 Å². The quantitative estimate of drug-likeness (QED) is 0.0663. The molecule has 103 heavy (non-hydrogen) atoms. The standard InChI is InChI=1S/C69H76F2N18O14/c1-4-69-18-5-19-88(69)67(102)57(21-38-8-14-46(91)15-9-38)84-65(100)55(26-43-31-73-34-77-43)82-66(101)56(28-59(93)94)83-64(99)53(23-40-30-75-50-17-11-42(71)25-48(40)50)81-63(98)52(22-39-29-74-49-16-10-41(70)24-47(39)49)80-58(92)32-76-61(96)35(2)78-62(97)54(79-36(3)90)27-44-33-89(87-86-44)45-12-6-37(7-13-45)20-51(60(72)95)85-68(69)103/h6-17,24-25,29-31,33-35,51-57,74-75,91H,4-5,18-23,26-28,32H2,1-3H3,(H2,72,95)(H,73,77)(H,76,96)(H,78,97)(H,79,90)(H,80,92)(H,81,98)(H,82,101)(H,83,99)(H,84,100)(H,85,103)(H,93,94)/t35-,51-,52-,53-,54-,55-,56-,57-,69-/m0/s1. The Balaban J connectivity index is 1.01. The zero-order valence-corrected chi connectivity index (χ0v) is 55.9. The van der Waals surface area contributed by atoms with E-state index in [1.165, 1.54) is 96.2 Å². The first-order valence-corrected chi connectivity index (χ1v) is 33.0. The number of aliphatic carboxylic acids is 1. The monoisotopic (exact) mass is 1420 g/mol. The number of primary amides is 1. The molecule has 0 spiro atoms. The van der Waals surface area contributed by atoms with Crippen molar-refractivity contribution in [3.05, 3.63) is 161 Å². The van der Waals surface area contributed by atoms with E-state index >= 15 is 19.2 Å². The van der Waals surface area contributed by atoms with E-state index in [1.807, 2.05) is 0 Å². The number of carboxylic acid groups (broad SMARTS) is 1. The van der Waals surface area contributed by atoms with Crippen LogP contribution in [0.3, 0.4) is 0 Å². The lowest BCUT2D eigenvalue weighted by Gasteiger charge is -2.39. The van der Waals surface area contributed by atoms with Crippen molar-refractivity contribution in [2.45, 2.75) is 139 Å². The van der Waals surface area contributed by atoms with Crippen molar-refractivity contribution in [2.24, 2.45) is 5.73 Å². The number of benzene rings is 4. The summed E-state index contributed by atoms with van der Waals surface area (Å²) in [5.74, 6) is -13.6. The Morgan fingerprint density at radius 3 is 1.85 bits per heavy atom. The minimum atomic E-state index is -2.07. The van der Waals surface area contributed by atoms with Crippen LogP contribution in [0.25, 0.3) is 27.5 Å². The second kappa shape index (κ2) is 32.3. The van der Waals surface area contributed by atoms with Gasteiger partial charge in [-0.15, -0.1) is 5.10 Å². The fourth-order valence-electron chi connectivity index (χ4n) is 12.7.